The minimum atomic E-state index is -2.03. The van der Waals surface area contributed by atoms with E-state index in [0.717, 1.165) is 0 Å². The van der Waals surface area contributed by atoms with E-state index in [0.29, 0.717) is 17.1 Å². The Balaban J connectivity index is 4.73. The predicted molar refractivity (Wildman–Crippen MR) is 69.0 cm³/mol. The number of hydrogen-bond acceptors (Lipinski definition) is 3. The Morgan fingerprint density at radius 2 is 1.50 bits per heavy atom. The average Bonchev–Trinajstić information content (AvgIpc) is 2.11. The van der Waals surface area contributed by atoms with E-state index < -0.39 is 8.32 Å². The first-order valence-corrected chi connectivity index (χ1v) is 8.27. The van der Waals surface area contributed by atoms with Gasteiger partial charge in [-0.2, -0.15) is 0 Å². The smallest absolute Gasteiger partial charge is 0.305 e. The summed E-state index contributed by atoms with van der Waals surface area (Å²) in [5.74, 6) is -0.120. The van der Waals surface area contributed by atoms with E-state index in [1.807, 2.05) is 13.8 Å². The fourth-order valence-electron chi connectivity index (χ4n) is 2.15. The van der Waals surface area contributed by atoms with Crippen molar-refractivity contribution in [3.05, 3.63) is 0 Å². The van der Waals surface area contributed by atoms with Gasteiger partial charge in [-0.15, -0.1) is 0 Å². The molecule has 3 nitrogen and oxygen atoms in total. The first-order valence-electron chi connectivity index (χ1n) is 6.00. The summed E-state index contributed by atoms with van der Waals surface area (Å²) in [7, 11) is -0.298. The first-order chi connectivity index (χ1) is 7.26. The summed E-state index contributed by atoms with van der Waals surface area (Å²) in [6, 6.07) is 0.455. The molecule has 0 unspecified atom stereocenters. The molecule has 0 spiro atoms. The second-order valence-corrected chi connectivity index (χ2v) is 10.2. The summed E-state index contributed by atoms with van der Waals surface area (Å²) in [5, 5.41) is 0. The molecule has 4 heteroatoms. The zero-order valence-corrected chi connectivity index (χ0v) is 12.7. The lowest BCUT2D eigenvalue weighted by atomic mass is 10.5. The normalized spacial score (nSPS) is 12.6. The van der Waals surface area contributed by atoms with Crippen LogP contribution in [0.4, 0.5) is 0 Å². The summed E-state index contributed by atoms with van der Waals surface area (Å²) < 4.78 is 11.0. The van der Waals surface area contributed by atoms with Crippen molar-refractivity contribution < 1.29 is 14.0 Å². The molecule has 0 saturated heterocycles. The molecule has 16 heavy (non-hydrogen) atoms. The first kappa shape index (κ1) is 15.6. The van der Waals surface area contributed by atoms with Crippen LogP contribution in [0.1, 0.15) is 41.5 Å². The number of carbonyl (C=O) groups is 1. The number of esters is 1. The molecule has 0 aliphatic rings. The Bertz CT molecular complexity index is 216. The van der Waals surface area contributed by atoms with Crippen LogP contribution < -0.4 is 0 Å². The molecule has 0 aliphatic heterocycles. The highest BCUT2D eigenvalue weighted by Gasteiger charge is 2.43. The van der Waals surface area contributed by atoms with Gasteiger partial charge < -0.3 is 9.16 Å². The quantitative estimate of drug-likeness (QED) is 0.532. The highest BCUT2D eigenvalue weighted by Crippen LogP contribution is 2.36. The molecule has 0 aromatic heterocycles. The number of carbonyl (C=O) groups excluding carboxylic acids is 1. The van der Waals surface area contributed by atoms with Crippen LogP contribution in [-0.4, -0.2) is 27.5 Å². The van der Waals surface area contributed by atoms with Crippen LogP contribution in [0.25, 0.3) is 0 Å². The summed E-state index contributed by atoms with van der Waals surface area (Å²) in [5.41, 5.74) is 0.828. The third-order valence-corrected chi connectivity index (χ3v) is 8.63. The van der Waals surface area contributed by atoms with E-state index in [2.05, 4.69) is 27.7 Å². The van der Waals surface area contributed by atoms with Crippen LogP contribution in [0.3, 0.4) is 0 Å². The van der Waals surface area contributed by atoms with Gasteiger partial charge in [-0.25, -0.2) is 0 Å². The molecule has 0 N–H and O–H groups in total. The molecular weight excluding hydrogens is 220 g/mol. The summed E-state index contributed by atoms with van der Waals surface area (Å²) >= 11 is 0. The summed E-state index contributed by atoms with van der Waals surface area (Å²) in [4.78, 5) is 11.8. The van der Waals surface area contributed by atoms with E-state index in [1.165, 1.54) is 0 Å². The molecule has 0 atom stereocenters. The molecule has 0 aliphatic carbocycles. The number of rotatable bonds is 6. The van der Waals surface area contributed by atoms with Gasteiger partial charge in [0, 0.05) is 7.11 Å². The van der Waals surface area contributed by atoms with Crippen molar-refractivity contribution in [3.8, 4) is 0 Å². The summed E-state index contributed by atoms with van der Waals surface area (Å²) in [6.45, 7) is 12.3. The zero-order valence-electron chi connectivity index (χ0n) is 11.7. The van der Waals surface area contributed by atoms with Crippen molar-refractivity contribution in [1.29, 1.82) is 0 Å². The minimum Gasteiger partial charge on any atom is -0.463 e. The van der Waals surface area contributed by atoms with Gasteiger partial charge in [0.25, 0.3) is 0 Å². The van der Waals surface area contributed by atoms with E-state index in [4.69, 9.17) is 9.16 Å². The molecule has 0 saturated carbocycles. The second-order valence-electron chi connectivity index (χ2n) is 5.18. The Kier molecular flexibility index (Phi) is 6.26. The second kappa shape index (κ2) is 6.40. The fourth-order valence-corrected chi connectivity index (χ4v) is 5.92. The van der Waals surface area contributed by atoms with Crippen LogP contribution in [-0.2, 0) is 14.0 Å². The molecule has 0 radical (unpaired) electrons. The highest BCUT2D eigenvalue weighted by molar-refractivity contribution is 6.78. The predicted octanol–water partition coefficient (Wildman–Crippen LogP) is 3.35. The topological polar surface area (TPSA) is 35.5 Å². The van der Waals surface area contributed by atoms with E-state index in [9.17, 15) is 4.79 Å². The van der Waals surface area contributed by atoms with Gasteiger partial charge in [0.15, 0.2) is 0 Å². The van der Waals surface area contributed by atoms with Crippen LogP contribution in [0, 0.1) is 0 Å². The number of hydrogen-bond donors (Lipinski definition) is 0. The maximum absolute atomic E-state index is 11.8. The van der Waals surface area contributed by atoms with Crippen molar-refractivity contribution in [1.82, 2.24) is 0 Å². The van der Waals surface area contributed by atoms with Gasteiger partial charge in [0.1, 0.15) is 0 Å². The standard InChI is InChI=1S/C12H26O3Si/c1-9(2)15-12(13)8-16(14-7,10(3)4)11(5)6/h9-11H,8H2,1-7H3. The Morgan fingerprint density at radius 3 is 1.75 bits per heavy atom. The Labute approximate surface area is 101 Å². The molecule has 0 bridgehead atoms. The highest BCUT2D eigenvalue weighted by atomic mass is 28.4. The lowest BCUT2D eigenvalue weighted by Gasteiger charge is -2.36. The lowest BCUT2D eigenvalue weighted by molar-refractivity contribution is -0.144. The molecule has 0 heterocycles. The van der Waals surface area contributed by atoms with Gasteiger partial charge in [-0.1, -0.05) is 27.7 Å². The van der Waals surface area contributed by atoms with Crippen LogP contribution in [0.15, 0.2) is 0 Å². The molecule has 0 fully saturated rings. The number of ether oxygens (including phenoxy) is 1. The molecule has 0 rings (SSSR count). The maximum Gasteiger partial charge on any atom is 0.305 e. The van der Waals surface area contributed by atoms with Crippen molar-refractivity contribution in [3.63, 3.8) is 0 Å². The van der Waals surface area contributed by atoms with Crippen LogP contribution in [0.5, 0.6) is 0 Å². The Hall–Kier alpha value is -0.353. The van der Waals surface area contributed by atoms with Gasteiger partial charge in [0.05, 0.1) is 12.1 Å². The molecule has 0 aromatic rings. The average molecular weight is 246 g/mol. The SMILES string of the molecule is CO[Si](CC(=O)OC(C)C)(C(C)C)C(C)C. The van der Waals surface area contributed by atoms with Gasteiger partial charge >= 0.3 is 5.97 Å². The third kappa shape index (κ3) is 3.90. The van der Waals surface area contributed by atoms with E-state index in [-0.39, 0.29) is 12.1 Å². The van der Waals surface area contributed by atoms with E-state index >= 15 is 0 Å². The van der Waals surface area contributed by atoms with Crippen molar-refractivity contribution in [2.45, 2.75) is 64.8 Å². The molecule has 0 amide bonds. The zero-order chi connectivity index (χ0) is 12.9. The third-order valence-electron chi connectivity index (χ3n) is 3.12. The molecule has 96 valence electrons. The van der Waals surface area contributed by atoms with Gasteiger partial charge in [-0.3, -0.25) is 4.79 Å². The van der Waals surface area contributed by atoms with Gasteiger partial charge in [0.2, 0.25) is 8.32 Å². The lowest BCUT2D eigenvalue weighted by Crippen LogP contribution is -2.46. The van der Waals surface area contributed by atoms with Crippen LogP contribution in [0.2, 0.25) is 17.1 Å². The summed E-state index contributed by atoms with van der Waals surface area (Å²) in [6.07, 6.45) is -0.0459. The monoisotopic (exact) mass is 246 g/mol. The maximum atomic E-state index is 11.8. The van der Waals surface area contributed by atoms with E-state index in [1.54, 1.807) is 7.11 Å². The fraction of sp³-hybridized carbons (Fsp3) is 0.917. The van der Waals surface area contributed by atoms with Crippen LogP contribution >= 0.6 is 0 Å². The van der Waals surface area contributed by atoms with Crippen molar-refractivity contribution in [2.75, 3.05) is 7.11 Å². The van der Waals surface area contributed by atoms with Crippen molar-refractivity contribution >= 4 is 14.3 Å². The largest absolute Gasteiger partial charge is 0.463 e. The van der Waals surface area contributed by atoms with Crippen molar-refractivity contribution in [2.24, 2.45) is 0 Å². The molecular formula is C12H26O3Si. The molecule has 0 aromatic carbocycles. The Morgan fingerprint density at radius 1 is 1.06 bits per heavy atom. The van der Waals surface area contributed by atoms with Gasteiger partial charge in [-0.05, 0) is 24.9 Å². The minimum absolute atomic E-state index is 0.0459.